The summed E-state index contributed by atoms with van der Waals surface area (Å²) < 4.78 is 27.7. The van der Waals surface area contributed by atoms with Crippen LogP contribution in [-0.4, -0.2) is 24.5 Å². The van der Waals surface area contributed by atoms with Crippen LogP contribution in [0.5, 0.6) is 0 Å². The van der Waals surface area contributed by atoms with Crippen molar-refractivity contribution < 1.29 is 13.2 Å². The second-order valence-electron chi connectivity index (χ2n) is 5.89. The number of anilines is 2. The van der Waals surface area contributed by atoms with E-state index < -0.39 is 15.9 Å². The van der Waals surface area contributed by atoms with Crippen molar-refractivity contribution in [2.45, 2.75) is 18.7 Å². The molecule has 0 bridgehead atoms. The molecular formula is C18H18N4O3S. The third-order valence-corrected chi connectivity index (χ3v) is 5.00. The Labute approximate surface area is 151 Å². The van der Waals surface area contributed by atoms with Gasteiger partial charge >= 0.3 is 0 Å². The van der Waals surface area contributed by atoms with Crippen LogP contribution >= 0.6 is 0 Å². The van der Waals surface area contributed by atoms with E-state index in [4.69, 9.17) is 0 Å². The summed E-state index contributed by atoms with van der Waals surface area (Å²) >= 11 is 0. The molecule has 8 heteroatoms. The minimum Gasteiger partial charge on any atom is -0.305 e. The fraction of sp³-hybridized carbons (Fsp3) is 0.111. The zero-order valence-electron chi connectivity index (χ0n) is 14.3. The van der Waals surface area contributed by atoms with Gasteiger partial charge in [-0.25, -0.2) is 8.42 Å². The summed E-state index contributed by atoms with van der Waals surface area (Å²) in [5.41, 5.74) is 2.43. The number of sulfonamides is 1. The summed E-state index contributed by atoms with van der Waals surface area (Å²) in [7, 11) is -3.81. The Morgan fingerprint density at radius 2 is 1.81 bits per heavy atom. The number of aromatic amines is 1. The minimum atomic E-state index is -3.81. The van der Waals surface area contributed by atoms with E-state index in [1.54, 1.807) is 30.3 Å². The average molecular weight is 370 g/mol. The summed E-state index contributed by atoms with van der Waals surface area (Å²) in [6, 6.07) is 14.5. The lowest BCUT2D eigenvalue weighted by Crippen LogP contribution is -2.16. The monoisotopic (exact) mass is 370 g/mol. The van der Waals surface area contributed by atoms with E-state index in [0.717, 1.165) is 11.3 Å². The molecule has 0 aliphatic carbocycles. The molecule has 0 aliphatic heterocycles. The molecule has 7 nitrogen and oxygen atoms in total. The first-order valence-electron chi connectivity index (χ1n) is 7.86. The fourth-order valence-electron chi connectivity index (χ4n) is 2.40. The summed E-state index contributed by atoms with van der Waals surface area (Å²) in [4.78, 5) is 12.3. The van der Waals surface area contributed by atoms with Crippen molar-refractivity contribution in [2.75, 3.05) is 10.0 Å². The van der Waals surface area contributed by atoms with E-state index in [1.165, 1.54) is 18.2 Å². The molecule has 134 valence electrons. The van der Waals surface area contributed by atoms with Gasteiger partial charge in [0.2, 0.25) is 0 Å². The highest BCUT2D eigenvalue weighted by molar-refractivity contribution is 7.92. The molecule has 0 aliphatic rings. The van der Waals surface area contributed by atoms with Gasteiger partial charge in [-0.2, -0.15) is 5.10 Å². The van der Waals surface area contributed by atoms with Crippen LogP contribution in [0.1, 0.15) is 21.6 Å². The highest BCUT2D eigenvalue weighted by Crippen LogP contribution is 2.18. The van der Waals surface area contributed by atoms with E-state index >= 15 is 0 Å². The topological polar surface area (TPSA) is 104 Å². The number of benzene rings is 2. The van der Waals surface area contributed by atoms with Crippen LogP contribution in [0.2, 0.25) is 0 Å². The molecule has 0 unspecified atom stereocenters. The van der Waals surface area contributed by atoms with Gasteiger partial charge < -0.3 is 5.32 Å². The van der Waals surface area contributed by atoms with Gasteiger partial charge in [0.15, 0.2) is 5.82 Å². The molecule has 0 atom stereocenters. The standard InChI is InChI=1S/C18H18N4O3S/c1-12-5-3-7-15(9-12)22-26(24,25)16-8-4-6-14(11-16)18(23)19-17-10-13(2)20-21-17/h3-11,22H,1-2H3,(H2,19,20,21,23). The van der Waals surface area contributed by atoms with Crippen LogP contribution < -0.4 is 10.0 Å². The van der Waals surface area contributed by atoms with Crippen molar-refractivity contribution in [3.63, 3.8) is 0 Å². The Bertz CT molecular complexity index is 1060. The van der Waals surface area contributed by atoms with Crippen LogP contribution in [0, 0.1) is 13.8 Å². The lowest BCUT2D eigenvalue weighted by molar-refractivity contribution is 0.102. The van der Waals surface area contributed by atoms with E-state index in [9.17, 15) is 13.2 Å². The van der Waals surface area contributed by atoms with Gasteiger partial charge in [0.1, 0.15) is 0 Å². The molecule has 2 aromatic carbocycles. The Balaban J connectivity index is 1.82. The molecule has 3 aromatic rings. The van der Waals surface area contributed by atoms with E-state index in [0.29, 0.717) is 11.5 Å². The molecule has 0 spiro atoms. The van der Waals surface area contributed by atoms with E-state index in [2.05, 4.69) is 20.2 Å². The second kappa shape index (κ2) is 7.01. The first kappa shape index (κ1) is 17.7. The fourth-order valence-corrected chi connectivity index (χ4v) is 3.49. The van der Waals surface area contributed by atoms with Crippen LogP contribution in [0.4, 0.5) is 11.5 Å². The predicted molar refractivity (Wildman–Crippen MR) is 99.7 cm³/mol. The zero-order chi connectivity index (χ0) is 18.7. The molecule has 0 radical (unpaired) electrons. The van der Waals surface area contributed by atoms with Crippen LogP contribution in [-0.2, 0) is 10.0 Å². The highest BCUT2D eigenvalue weighted by Gasteiger charge is 2.17. The zero-order valence-corrected chi connectivity index (χ0v) is 15.1. The van der Waals surface area contributed by atoms with E-state index in [1.807, 2.05) is 19.9 Å². The third kappa shape index (κ3) is 4.09. The van der Waals surface area contributed by atoms with Crippen molar-refractivity contribution in [3.05, 3.63) is 71.4 Å². The summed E-state index contributed by atoms with van der Waals surface area (Å²) in [5, 5.41) is 9.27. The normalized spacial score (nSPS) is 11.2. The maximum atomic E-state index is 12.6. The number of aryl methyl sites for hydroxylation is 2. The first-order valence-corrected chi connectivity index (χ1v) is 9.35. The number of rotatable bonds is 5. The van der Waals surface area contributed by atoms with Gasteiger partial charge in [0.25, 0.3) is 15.9 Å². The Morgan fingerprint density at radius 3 is 2.50 bits per heavy atom. The number of hydrogen-bond donors (Lipinski definition) is 3. The van der Waals surface area contributed by atoms with Crippen LogP contribution in [0.3, 0.4) is 0 Å². The average Bonchev–Trinajstić information content (AvgIpc) is 2.99. The molecule has 26 heavy (non-hydrogen) atoms. The molecule has 0 fully saturated rings. The van der Waals surface area contributed by atoms with Crippen molar-refractivity contribution in [3.8, 4) is 0 Å². The van der Waals surface area contributed by atoms with Crippen molar-refractivity contribution >= 4 is 27.4 Å². The first-order chi connectivity index (χ1) is 12.3. The Morgan fingerprint density at radius 1 is 1.04 bits per heavy atom. The number of nitrogens with zero attached hydrogens (tertiary/aromatic N) is 1. The SMILES string of the molecule is Cc1cccc(NS(=O)(=O)c2cccc(C(=O)Nc3cc(C)[nH]n3)c2)c1. The molecule has 1 aromatic heterocycles. The number of aromatic nitrogens is 2. The largest absolute Gasteiger partial charge is 0.305 e. The quantitative estimate of drug-likeness (QED) is 0.642. The van der Waals surface area contributed by atoms with Gasteiger partial charge in [-0.05, 0) is 49.7 Å². The Kier molecular flexibility index (Phi) is 4.77. The van der Waals surface area contributed by atoms with Gasteiger partial charge in [-0.15, -0.1) is 0 Å². The van der Waals surface area contributed by atoms with Crippen molar-refractivity contribution in [2.24, 2.45) is 0 Å². The Hall–Kier alpha value is -3.13. The number of H-pyrrole nitrogens is 1. The van der Waals surface area contributed by atoms with Gasteiger partial charge in [-0.3, -0.25) is 14.6 Å². The molecule has 3 N–H and O–H groups in total. The lowest BCUT2D eigenvalue weighted by atomic mass is 10.2. The predicted octanol–water partition coefficient (Wildman–Crippen LogP) is 3.08. The summed E-state index contributed by atoms with van der Waals surface area (Å²) in [6.45, 7) is 3.69. The summed E-state index contributed by atoms with van der Waals surface area (Å²) in [6.07, 6.45) is 0. The van der Waals surface area contributed by atoms with Gasteiger partial charge in [0.05, 0.1) is 4.90 Å². The molecule has 1 heterocycles. The number of carbonyl (C=O) groups is 1. The smallest absolute Gasteiger partial charge is 0.261 e. The maximum absolute atomic E-state index is 12.6. The van der Waals surface area contributed by atoms with Crippen molar-refractivity contribution in [1.82, 2.24) is 10.2 Å². The lowest BCUT2D eigenvalue weighted by Gasteiger charge is -2.10. The number of hydrogen-bond acceptors (Lipinski definition) is 4. The molecule has 1 amide bonds. The van der Waals surface area contributed by atoms with Crippen LogP contribution in [0.25, 0.3) is 0 Å². The highest BCUT2D eigenvalue weighted by atomic mass is 32.2. The van der Waals surface area contributed by atoms with Gasteiger partial charge in [-0.1, -0.05) is 18.2 Å². The van der Waals surface area contributed by atoms with E-state index in [-0.39, 0.29) is 10.5 Å². The van der Waals surface area contributed by atoms with Gasteiger partial charge in [0, 0.05) is 23.0 Å². The number of amides is 1. The van der Waals surface area contributed by atoms with Crippen molar-refractivity contribution in [1.29, 1.82) is 0 Å². The number of nitrogens with one attached hydrogen (secondary N) is 3. The maximum Gasteiger partial charge on any atom is 0.261 e. The van der Waals surface area contributed by atoms with Crippen LogP contribution in [0.15, 0.2) is 59.5 Å². The molecule has 0 saturated heterocycles. The molecular weight excluding hydrogens is 352 g/mol. The third-order valence-electron chi connectivity index (χ3n) is 3.62. The summed E-state index contributed by atoms with van der Waals surface area (Å²) in [5.74, 6) is -0.0669. The number of carbonyl (C=O) groups excluding carboxylic acids is 1. The minimum absolute atomic E-state index is 0.00450. The molecule has 0 saturated carbocycles. The second-order valence-corrected chi connectivity index (χ2v) is 7.58. The molecule has 3 rings (SSSR count).